The van der Waals surface area contributed by atoms with Crippen molar-refractivity contribution >= 4 is 12.4 Å². The zero-order chi connectivity index (χ0) is 8.97. The maximum Gasteiger partial charge on any atom is 0.0110 e. The van der Waals surface area contributed by atoms with Crippen LogP contribution >= 0.6 is 12.4 Å². The van der Waals surface area contributed by atoms with Gasteiger partial charge in [-0.2, -0.15) is 0 Å². The van der Waals surface area contributed by atoms with Crippen molar-refractivity contribution in [2.45, 2.75) is 0 Å². The fourth-order valence-corrected chi connectivity index (χ4v) is 1.41. The number of piperazine rings is 1. The molecule has 0 aliphatic carbocycles. The lowest BCUT2D eigenvalue weighted by Crippen LogP contribution is -2.46. The Morgan fingerprint density at radius 3 is 2.08 bits per heavy atom. The summed E-state index contributed by atoms with van der Waals surface area (Å²) in [7, 11) is 6.47. The molecule has 0 saturated carbocycles. The van der Waals surface area contributed by atoms with Crippen LogP contribution in [0.25, 0.3) is 0 Å². The van der Waals surface area contributed by atoms with Crippen LogP contribution in [0.1, 0.15) is 0 Å². The maximum atomic E-state index is 2.54. The maximum absolute atomic E-state index is 2.54. The molecular formula is C9H22ClN3. The van der Waals surface area contributed by atoms with Gasteiger partial charge < -0.3 is 9.80 Å². The SMILES string of the molecule is CN(C)CCN1CCN(C)CC1.Cl. The normalized spacial score (nSPS) is 20.3. The molecule has 3 nitrogen and oxygen atoms in total. The summed E-state index contributed by atoms with van der Waals surface area (Å²) in [6.07, 6.45) is 0. The molecule has 80 valence electrons. The van der Waals surface area contributed by atoms with Crippen LogP contribution in [0.5, 0.6) is 0 Å². The molecule has 0 atom stereocenters. The van der Waals surface area contributed by atoms with Crippen molar-refractivity contribution in [1.29, 1.82) is 0 Å². The standard InChI is InChI=1S/C9H21N3.ClH/c1-10(2)4-7-12-8-5-11(3)6-9-12;/h4-9H2,1-3H3;1H. The summed E-state index contributed by atoms with van der Waals surface area (Å²) in [5.41, 5.74) is 0. The molecule has 0 unspecified atom stereocenters. The largest absolute Gasteiger partial charge is 0.308 e. The van der Waals surface area contributed by atoms with E-state index in [2.05, 4.69) is 35.8 Å². The summed E-state index contributed by atoms with van der Waals surface area (Å²) in [4.78, 5) is 7.18. The number of nitrogens with zero attached hydrogens (tertiary/aromatic N) is 3. The van der Waals surface area contributed by atoms with Crippen molar-refractivity contribution < 1.29 is 0 Å². The van der Waals surface area contributed by atoms with Crippen molar-refractivity contribution in [2.24, 2.45) is 0 Å². The van der Waals surface area contributed by atoms with Gasteiger partial charge in [-0.1, -0.05) is 0 Å². The minimum absolute atomic E-state index is 0. The van der Waals surface area contributed by atoms with Gasteiger partial charge in [-0.15, -0.1) is 12.4 Å². The average Bonchev–Trinajstić information content (AvgIpc) is 2.03. The summed E-state index contributed by atoms with van der Waals surface area (Å²) < 4.78 is 0. The minimum Gasteiger partial charge on any atom is -0.308 e. The van der Waals surface area contributed by atoms with E-state index >= 15 is 0 Å². The van der Waals surface area contributed by atoms with Crippen LogP contribution in [-0.4, -0.2) is 75.1 Å². The molecule has 1 aliphatic rings. The molecule has 1 rings (SSSR count). The molecule has 1 fully saturated rings. The van der Waals surface area contributed by atoms with Gasteiger partial charge in [0.05, 0.1) is 0 Å². The van der Waals surface area contributed by atoms with E-state index in [4.69, 9.17) is 0 Å². The van der Waals surface area contributed by atoms with E-state index in [9.17, 15) is 0 Å². The lowest BCUT2D eigenvalue weighted by molar-refractivity contribution is 0.145. The third-order valence-corrected chi connectivity index (χ3v) is 2.46. The summed E-state index contributed by atoms with van der Waals surface area (Å²) >= 11 is 0. The van der Waals surface area contributed by atoms with Gasteiger partial charge in [-0.3, -0.25) is 4.90 Å². The molecule has 0 N–H and O–H groups in total. The topological polar surface area (TPSA) is 9.72 Å². The van der Waals surface area contributed by atoms with Gasteiger partial charge in [-0.25, -0.2) is 0 Å². The number of likely N-dealkylation sites (N-methyl/N-ethyl adjacent to an activating group) is 2. The second kappa shape index (κ2) is 6.60. The Morgan fingerprint density at radius 1 is 1.08 bits per heavy atom. The Hall–Kier alpha value is 0.170. The molecule has 1 heterocycles. The Kier molecular flexibility index (Phi) is 6.68. The van der Waals surface area contributed by atoms with Crippen LogP contribution < -0.4 is 0 Å². The first kappa shape index (κ1) is 13.2. The predicted octanol–water partition coefficient (Wildman–Crippen LogP) is 0.217. The van der Waals surface area contributed by atoms with Crippen molar-refractivity contribution in [2.75, 3.05) is 60.4 Å². The van der Waals surface area contributed by atoms with Gasteiger partial charge in [0.1, 0.15) is 0 Å². The van der Waals surface area contributed by atoms with E-state index in [-0.39, 0.29) is 12.4 Å². The van der Waals surface area contributed by atoms with E-state index < -0.39 is 0 Å². The van der Waals surface area contributed by atoms with Crippen molar-refractivity contribution in [3.63, 3.8) is 0 Å². The summed E-state index contributed by atoms with van der Waals surface area (Å²) in [5.74, 6) is 0. The van der Waals surface area contributed by atoms with Crippen molar-refractivity contribution in [3.05, 3.63) is 0 Å². The first-order valence-corrected chi connectivity index (χ1v) is 4.74. The van der Waals surface area contributed by atoms with Gasteiger partial charge in [-0.05, 0) is 21.1 Å². The molecule has 0 aromatic carbocycles. The molecule has 0 spiro atoms. The highest BCUT2D eigenvalue weighted by atomic mass is 35.5. The molecule has 13 heavy (non-hydrogen) atoms. The molecule has 1 aliphatic heterocycles. The highest BCUT2D eigenvalue weighted by Crippen LogP contribution is 1.97. The summed E-state index contributed by atoms with van der Waals surface area (Å²) in [6, 6.07) is 0. The molecule has 0 radical (unpaired) electrons. The van der Waals surface area contributed by atoms with E-state index in [0.717, 1.165) is 0 Å². The molecule has 1 saturated heterocycles. The van der Waals surface area contributed by atoms with Gasteiger partial charge >= 0.3 is 0 Å². The molecule has 0 aromatic heterocycles. The second-order valence-electron chi connectivity index (χ2n) is 3.95. The van der Waals surface area contributed by atoms with Gasteiger partial charge in [0, 0.05) is 39.3 Å². The van der Waals surface area contributed by atoms with Gasteiger partial charge in [0.2, 0.25) is 0 Å². The second-order valence-corrected chi connectivity index (χ2v) is 3.95. The molecule has 4 heteroatoms. The Bertz CT molecular complexity index is 122. The number of hydrogen-bond donors (Lipinski definition) is 0. The highest BCUT2D eigenvalue weighted by Gasteiger charge is 2.12. The smallest absolute Gasteiger partial charge is 0.0110 e. The zero-order valence-corrected chi connectivity index (χ0v) is 9.81. The van der Waals surface area contributed by atoms with E-state index in [1.807, 2.05) is 0 Å². The van der Waals surface area contributed by atoms with E-state index in [0.29, 0.717) is 0 Å². The summed E-state index contributed by atoms with van der Waals surface area (Å²) in [5, 5.41) is 0. The molecular weight excluding hydrogens is 186 g/mol. The van der Waals surface area contributed by atoms with Crippen LogP contribution in [0.4, 0.5) is 0 Å². The van der Waals surface area contributed by atoms with Gasteiger partial charge in [0.25, 0.3) is 0 Å². The number of halogens is 1. The Labute approximate surface area is 88.1 Å². The Balaban J connectivity index is 0.00000144. The average molecular weight is 208 g/mol. The monoisotopic (exact) mass is 207 g/mol. The van der Waals surface area contributed by atoms with Crippen LogP contribution in [0.2, 0.25) is 0 Å². The fraction of sp³-hybridized carbons (Fsp3) is 1.00. The van der Waals surface area contributed by atoms with E-state index in [1.165, 1.54) is 39.3 Å². The molecule has 0 bridgehead atoms. The third kappa shape index (κ3) is 5.47. The third-order valence-electron chi connectivity index (χ3n) is 2.46. The predicted molar refractivity (Wildman–Crippen MR) is 59.7 cm³/mol. The minimum atomic E-state index is 0. The first-order chi connectivity index (χ1) is 5.68. The van der Waals surface area contributed by atoms with Crippen molar-refractivity contribution in [3.8, 4) is 0 Å². The van der Waals surface area contributed by atoms with Crippen molar-refractivity contribution in [1.82, 2.24) is 14.7 Å². The fourth-order valence-electron chi connectivity index (χ4n) is 1.41. The van der Waals surface area contributed by atoms with Crippen LogP contribution in [-0.2, 0) is 0 Å². The lowest BCUT2D eigenvalue weighted by Gasteiger charge is -2.32. The quantitative estimate of drug-likeness (QED) is 0.656. The van der Waals surface area contributed by atoms with Gasteiger partial charge in [0.15, 0.2) is 0 Å². The van der Waals surface area contributed by atoms with Crippen LogP contribution in [0.3, 0.4) is 0 Å². The first-order valence-electron chi connectivity index (χ1n) is 4.74. The number of hydrogen-bond acceptors (Lipinski definition) is 3. The van der Waals surface area contributed by atoms with E-state index in [1.54, 1.807) is 0 Å². The highest BCUT2D eigenvalue weighted by molar-refractivity contribution is 5.85. The lowest BCUT2D eigenvalue weighted by atomic mass is 10.3. The molecule has 0 aromatic rings. The molecule has 0 amide bonds. The zero-order valence-electron chi connectivity index (χ0n) is 8.99. The van der Waals surface area contributed by atoms with Crippen LogP contribution in [0.15, 0.2) is 0 Å². The Morgan fingerprint density at radius 2 is 1.62 bits per heavy atom. The number of rotatable bonds is 3. The van der Waals surface area contributed by atoms with Crippen LogP contribution in [0, 0.1) is 0 Å². The summed E-state index contributed by atoms with van der Waals surface area (Å²) in [6.45, 7) is 7.35.